The van der Waals surface area contributed by atoms with Crippen LogP contribution in [-0.4, -0.2) is 23.2 Å². The van der Waals surface area contributed by atoms with Crippen molar-refractivity contribution in [3.63, 3.8) is 0 Å². The molecular weight excluding hydrogens is 262 g/mol. The lowest BCUT2D eigenvalue weighted by Gasteiger charge is -2.21. The Hall–Kier alpha value is -2.13. The summed E-state index contributed by atoms with van der Waals surface area (Å²) in [6.07, 6.45) is 1.63. The number of carboxylic acids is 1. The van der Waals surface area contributed by atoms with E-state index in [0.717, 1.165) is 12.8 Å². The molecule has 1 unspecified atom stereocenters. The fourth-order valence-corrected chi connectivity index (χ4v) is 2.41. The van der Waals surface area contributed by atoms with Crippen LogP contribution >= 0.6 is 0 Å². The summed E-state index contributed by atoms with van der Waals surface area (Å²) in [5.74, 6) is -0.818. The predicted molar refractivity (Wildman–Crippen MR) is 84.3 cm³/mol. The van der Waals surface area contributed by atoms with Crippen molar-refractivity contribution < 1.29 is 9.90 Å². The van der Waals surface area contributed by atoms with E-state index in [4.69, 9.17) is 5.11 Å². The summed E-state index contributed by atoms with van der Waals surface area (Å²) in [4.78, 5) is 11.1. The van der Waals surface area contributed by atoms with E-state index in [1.807, 2.05) is 36.4 Å². The van der Waals surface area contributed by atoms with Crippen LogP contribution in [0, 0.1) is 0 Å². The van der Waals surface area contributed by atoms with Crippen LogP contribution < -0.4 is 5.32 Å². The van der Waals surface area contributed by atoms with Crippen molar-refractivity contribution in [2.45, 2.75) is 31.8 Å². The van der Waals surface area contributed by atoms with Gasteiger partial charge >= 0.3 is 5.97 Å². The maximum Gasteiger partial charge on any atom is 0.320 e. The van der Waals surface area contributed by atoms with Gasteiger partial charge in [0.2, 0.25) is 0 Å². The fourth-order valence-electron chi connectivity index (χ4n) is 2.41. The molecule has 0 amide bonds. The number of carboxylic acid groups (broad SMARTS) is 1. The van der Waals surface area contributed by atoms with Gasteiger partial charge in [-0.25, -0.2) is 0 Å². The van der Waals surface area contributed by atoms with Gasteiger partial charge < -0.3 is 10.4 Å². The summed E-state index contributed by atoms with van der Waals surface area (Å²) >= 11 is 0. The largest absolute Gasteiger partial charge is 0.480 e. The predicted octanol–water partition coefficient (Wildman–Crippen LogP) is 2.90. The first-order valence-corrected chi connectivity index (χ1v) is 7.22. The van der Waals surface area contributed by atoms with Crippen LogP contribution in [0.5, 0.6) is 0 Å². The van der Waals surface area contributed by atoms with Gasteiger partial charge in [0.05, 0.1) is 0 Å². The highest BCUT2D eigenvalue weighted by Crippen LogP contribution is 2.10. The van der Waals surface area contributed by atoms with E-state index in [1.54, 1.807) is 6.92 Å². The molecule has 0 aliphatic rings. The topological polar surface area (TPSA) is 49.3 Å². The second-order valence-corrected chi connectivity index (χ2v) is 5.30. The minimum atomic E-state index is -0.818. The number of aliphatic carboxylic acids is 1. The third-order valence-corrected chi connectivity index (χ3v) is 3.51. The first kappa shape index (κ1) is 15.3. The van der Waals surface area contributed by atoms with Gasteiger partial charge in [0.25, 0.3) is 0 Å². The summed E-state index contributed by atoms with van der Waals surface area (Å²) in [5, 5.41) is 12.3. The third kappa shape index (κ3) is 5.04. The van der Waals surface area contributed by atoms with Gasteiger partial charge in [-0.2, -0.15) is 0 Å². The average Bonchev–Trinajstić information content (AvgIpc) is 2.49. The highest BCUT2D eigenvalue weighted by molar-refractivity contribution is 5.72. The van der Waals surface area contributed by atoms with Crippen molar-refractivity contribution in [2.24, 2.45) is 0 Å². The monoisotopic (exact) mass is 283 g/mol. The number of hydrogen-bond donors (Lipinski definition) is 2. The Morgan fingerprint density at radius 1 is 0.952 bits per heavy atom. The maximum absolute atomic E-state index is 11.1. The van der Waals surface area contributed by atoms with Crippen LogP contribution in [0.3, 0.4) is 0 Å². The van der Waals surface area contributed by atoms with E-state index < -0.39 is 12.0 Å². The van der Waals surface area contributed by atoms with Gasteiger partial charge in [-0.15, -0.1) is 0 Å². The molecule has 0 bridgehead atoms. The Labute approximate surface area is 125 Å². The lowest BCUT2D eigenvalue weighted by atomic mass is 9.98. The van der Waals surface area contributed by atoms with Gasteiger partial charge in [0, 0.05) is 6.04 Å². The molecule has 0 radical (unpaired) electrons. The molecular formula is C18H21NO2. The first-order chi connectivity index (χ1) is 10.1. The number of hydrogen-bond acceptors (Lipinski definition) is 2. The molecule has 2 rings (SSSR count). The maximum atomic E-state index is 11.1. The Morgan fingerprint density at radius 3 is 1.76 bits per heavy atom. The minimum absolute atomic E-state index is 0.0981. The molecule has 0 heterocycles. The zero-order chi connectivity index (χ0) is 15.1. The molecule has 3 heteroatoms. The molecule has 2 aromatic rings. The molecule has 0 fully saturated rings. The molecule has 2 N–H and O–H groups in total. The van der Waals surface area contributed by atoms with Crippen LogP contribution in [0.1, 0.15) is 18.1 Å². The number of nitrogens with one attached hydrogen (secondary N) is 1. The normalized spacial score (nSPS) is 12.3. The second-order valence-electron chi connectivity index (χ2n) is 5.30. The van der Waals surface area contributed by atoms with Crippen molar-refractivity contribution in [1.82, 2.24) is 5.32 Å². The molecule has 0 aliphatic heterocycles. The van der Waals surface area contributed by atoms with E-state index in [1.165, 1.54) is 11.1 Å². The quantitative estimate of drug-likeness (QED) is 0.821. The van der Waals surface area contributed by atoms with Gasteiger partial charge in [0.15, 0.2) is 0 Å². The van der Waals surface area contributed by atoms with Crippen LogP contribution in [-0.2, 0) is 17.6 Å². The van der Waals surface area contributed by atoms with E-state index >= 15 is 0 Å². The van der Waals surface area contributed by atoms with E-state index in [0.29, 0.717) is 0 Å². The minimum Gasteiger partial charge on any atom is -0.480 e. The Morgan fingerprint density at radius 2 is 1.38 bits per heavy atom. The molecule has 0 saturated carbocycles. The average molecular weight is 283 g/mol. The van der Waals surface area contributed by atoms with Crippen LogP contribution in [0.25, 0.3) is 0 Å². The van der Waals surface area contributed by atoms with Crippen LogP contribution in [0.4, 0.5) is 0 Å². The summed E-state index contributed by atoms with van der Waals surface area (Å²) in [6.45, 7) is 1.69. The molecule has 0 aliphatic carbocycles. The van der Waals surface area contributed by atoms with Gasteiger partial charge in [0.1, 0.15) is 6.04 Å². The Balaban J connectivity index is 2.08. The van der Waals surface area contributed by atoms with Gasteiger partial charge in [-0.1, -0.05) is 60.7 Å². The zero-order valence-corrected chi connectivity index (χ0v) is 12.2. The number of benzene rings is 2. The van der Waals surface area contributed by atoms with E-state index in [-0.39, 0.29) is 6.04 Å². The summed E-state index contributed by atoms with van der Waals surface area (Å²) in [7, 11) is 0. The smallest absolute Gasteiger partial charge is 0.320 e. The van der Waals surface area contributed by atoms with Crippen molar-refractivity contribution >= 4 is 5.97 Å². The zero-order valence-electron chi connectivity index (χ0n) is 12.2. The summed E-state index contributed by atoms with van der Waals surface area (Å²) in [5.41, 5.74) is 2.42. The number of rotatable bonds is 7. The Kier molecular flexibility index (Phi) is 5.52. The van der Waals surface area contributed by atoms with Gasteiger partial charge in [-0.3, -0.25) is 4.79 Å². The van der Waals surface area contributed by atoms with Crippen LogP contribution in [0.15, 0.2) is 60.7 Å². The lowest BCUT2D eigenvalue weighted by Crippen LogP contribution is -2.43. The first-order valence-electron chi connectivity index (χ1n) is 7.22. The highest BCUT2D eigenvalue weighted by Gasteiger charge is 2.17. The second kappa shape index (κ2) is 7.60. The fraction of sp³-hybridized carbons (Fsp3) is 0.278. The van der Waals surface area contributed by atoms with Crippen LogP contribution in [0.2, 0.25) is 0 Å². The van der Waals surface area contributed by atoms with Crippen molar-refractivity contribution in [1.29, 1.82) is 0 Å². The molecule has 0 spiro atoms. The molecule has 3 nitrogen and oxygen atoms in total. The molecule has 2 aromatic carbocycles. The molecule has 21 heavy (non-hydrogen) atoms. The van der Waals surface area contributed by atoms with Gasteiger partial charge in [-0.05, 0) is 30.9 Å². The molecule has 110 valence electrons. The van der Waals surface area contributed by atoms with E-state index in [2.05, 4.69) is 29.6 Å². The van der Waals surface area contributed by atoms with Crippen molar-refractivity contribution in [3.8, 4) is 0 Å². The third-order valence-electron chi connectivity index (χ3n) is 3.51. The van der Waals surface area contributed by atoms with E-state index in [9.17, 15) is 4.79 Å². The molecule has 0 saturated heterocycles. The summed E-state index contributed by atoms with van der Waals surface area (Å²) < 4.78 is 0. The summed E-state index contributed by atoms with van der Waals surface area (Å²) in [6, 6.07) is 19.9. The molecule has 0 aromatic heterocycles. The highest BCUT2D eigenvalue weighted by atomic mass is 16.4. The standard InChI is InChI=1S/C18H21NO2/c1-14(18(20)21)19-17(12-15-8-4-2-5-9-15)13-16-10-6-3-7-11-16/h2-11,14,17,19H,12-13H2,1H3,(H,20,21). The Bertz CT molecular complexity index is 512. The lowest BCUT2D eigenvalue weighted by molar-refractivity contribution is -0.139. The van der Waals surface area contributed by atoms with Crippen molar-refractivity contribution in [3.05, 3.63) is 71.8 Å². The number of carbonyl (C=O) groups is 1. The molecule has 1 atom stereocenters. The SMILES string of the molecule is CC(NC(Cc1ccccc1)Cc1ccccc1)C(=O)O. The van der Waals surface area contributed by atoms with Crippen molar-refractivity contribution in [2.75, 3.05) is 0 Å².